The van der Waals surface area contributed by atoms with E-state index in [2.05, 4.69) is 11.2 Å². The molecule has 0 aliphatic rings. The summed E-state index contributed by atoms with van der Waals surface area (Å²) in [7, 11) is 1.53. The van der Waals surface area contributed by atoms with Crippen molar-refractivity contribution in [2.75, 3.05) is 12.8 Å². The number of carbonyl (C=O) groups excluding carboxylic acids is 1. The van der Waals surface area contributed by atoms with Gasteiger partial charge in [0.1, 0.15) is 5.75 Å². The number of nitrogens with two attached hydrogens (primary N) is 1. The second-order valence-electron chi connectivity index (χ2n) is 3.78. The van der Waals surface area contributed by atoms with E-state index in [0.29, 0.717) is 23.4 Å². The summed E-state index contributed by atoms with van der Waals surface area (Å²) < 4.78 is 5.05. The fraction of sp³-hybridized carbons (Fsp3) is 0.308. The van der Waals surface area contributed by atoms with E-state index < -0.39 is 0 Å². The molecule has 0 spiro atoms. The highest BCUT2D eigenvalue weighted by Gasteiger charge is 2.10. The smallest absolute Gasteiger partial charge is 0.251 e. The van der Waals surface area contributed by atoms with Crippen molar-refractivity contribution in [3.8, 4) is 18.1 Å². The Hall–Kier alpha value is -2.15. The zero-order valence-corrected chi connectivity index (χ0v) is 9.99. The Labute approximate surface area is 101 Å². The van der Waals surface area contributed by atoms with Gasteiger partial charge >= 0.3 is 0 Å². The minimum absolute atomic E-state index is 0.0695. The molecule has 0 bridgehead atoms. The highest BCUT2D eigenvalue weighted by atomic mass is 16.5. The van der Waals surface area contributed by atoms with Gasteiger partial charge in [0.15, 0.2) is 0 Å². The number of amides is 1. The van der Waals surface area contributed by atoms with Crippen molar-refractivity contribution in [1.82, 2.24) is 5.32 Å². The maximum absolute atomic E-state index is 11.9. The van der Waals surface area contributed by atoms with Crippen LogP contribution in [0.5, 0.6) is 5.75 Å². The van der Waals surface area contributed by atoms with Gasteiger partial charge in [0.05, 0.1) is 7.11 Å². The molecule has 1 rings (SSSR count). The standard InChI is InChI=1S/C13H16N2O2/c1-4-5-9(2)15-13(16)10-6-11(14)8-12(7-10)17-3/h1,6-9H,5,14H2,2-3H3,(H,15,16). The minimum Gasteiger partial charge on any atom is -0.497 e. The largest absolute Gasteiger partial charge is 0.497 e. The number of ether oxygens (including phenoxy) is 1. The van der Waals surface area contributed by atoms with Gasteiger partial charge in [-0.2, -0.15) is 0 Å². The van der Waals surface area contributed by atoms with Crippen LogP contribution in [0.3, 0.4) is 0 Å². The molecule has 1 atom stereocenters. The normalized spacial score (nSPS) is 11.4. The van der Waals surface area contributed by atoms with Crippen molar-refractivity contribution in [2.45, 2.75) is 19.4 Å². The highest BCUT2D eigenvalue weighted by Crippen LogP contribution is 2.18. The molecule has 0 saturated carbocycles. The molecule has 0 radical (unpaired) electrons. The summed E-state index contributed by atoms with van der Waals surface area (Å²) in [6, 6.07) is 4.82. The molecule has 4 heteroatoms. The Morgan fingerprint density at radius 2 is 2.29 bits per heavy atom. The lowest BCUT2D eigenvalue weighted by molar-refractivity contribution is 0.0940. The second kappa shape index (κ2) is 5.80. The van der Waals surface area contributed by atoms with Crippen molar-refractivity contribution in [3.05, 3.63) is 23.8 Å². The van der Waals surface area contributed by atoms with Crippen LogP contribution < -0.4 is 15.8 Å². The number of methoxy groups -OCH3 is 1. The molecule has 0 saturated heterocycles. The van der Waals surface area contributed by atoms with Crippen LogP contribution in [0.1, 0.15) is 23.7 Å². The van der Waals surface area contributed by atoms with E-state index in [4.69, 9.17) is 16.9 Å². The molecular formula is C13H16N2O2. The van der Waals surface area contributed by atoms with Gasteiger partial charge in [0, 0.05) is 29.8 Å². The molecule has 0 fully saturated rings. The van der Waals surface area contributed by atoms with E-state index in [1.54, 1.807) is 18.2 Å². The predicted molar refractivity (Wildman–Crippen MR) is 67.8 cm³/mol. The molecule has 0 heterocycles. The van der Waals surface area contributed by atoms with Crippen LogP contribution >= 0.6 is 0 Å². The summed E-state index contributed by atoms with van der Waals surface area (Å²) in [6.07, 6.45) is 5.66. The molecule has 1 aromatic carbocycles. The van der Waals surface area contributed by atoms with Gasteiger partial charge in [-0.05, 0) is 19.1 Å². The van der Waals surface area contributed by atoms with Crippen LogP contribution in [0.2, 0.25) is 0 Å². The summed E-state index contributed by atoms with van der Waals surface area (Å²) in [4.78, 5) is 11.9. The second-order valence-corrected chi connectivity index (χ2v) is 3.78. The number of nitrogens with one attached hydrogen (secondary N) is 1. The molecular weight excluding hydrogens is 216 g/mol. The van der Waals surface area contributed by atoms with E-state index in [0.717, 1.165) is 0 Å². The van der Waals surface area contributed by atoms with Crippen LogP contribution in [-0.4, -0.2) is 19.1 Å². The van der Waals surface area contributed by atoms with Gasteiger partial charge in [-0.1, -0.05) is 0 Å². The molecule has 3 N–H and O–H groups in total. The lowest BCUT2D eigenvalue weighted by atomic mass is 10.1. The first-order chi connectivity index (χ1) is 8.06. The Morgan fingerprint density at radius 3 is 2.88 bits per heavy atom. The van der Waals surface area contributed by atoms with Crippen LogP contribution in [0.15, 0.2) is 18.2 Å². The Bertz CT molecular complexity index is 449. The SMILES string of the molecule is C#CCC(C)NC(=O)c1cc(N)cc(OC)c1. The summed E-state index contributed by atoms with van der Waals surface area (Å²) >= 11 is 0. The lowest BCUT2D eigenvalue weighted by Gasteiger charge is -2.12. The molecule has 1 unspecified atom stereocenters. The van der Waals surface area contributed by atoms with Crippen LogP contribution in [-0.2, 0) is 0 Å². The zero-order chi connectivity index (χ0) is 12.8. The van der Waals surface area contributed by atoms with Crippen molar-refractivity contribution in [2.24, 2.45) is 0 Å². The molecule has 17 heavy (non-hydrogen) atoms. The fourth-order valence-corrected chi connectivity index (χ4v) is 1.41. The van der Waals surface area contributed by atoms with E-state index in [-0.39, 0.29) is 11.9 Å². The average molecular weight is 232 g/mol. The third-order valence-electron chi connectivity index (χ3n) is 2.23. The number of anilines is 1. The van der Waals surface area contributed by atoms with Gasteiger partial charge in [0.25, 0.3) is 5.91 Å². The summed E-state index contributed by atoms with van der Waals surface area (Å²) in [5, 5.41) is 2.78. The van der Waals surface area contributed by atoms with Gasteiger partial charge in [-0.15, -0.1) is 12.3 Å². The molecule has 0 aliphatic carbocycles. The van der Waals surface area contributed by atoms with Gasteiger partial charge in [-0.25, -0.2) is 0 Å². The van der Waals surface area contributed by atoms with Crippen molar-refractivity contribution in [3.63, 3.8) is 0 Å². The summed E-state index contributed by atoms with van der Waals surface area (Å²) in [6.45, 7) is 1.85. The first-order valence-corrected chi connectivity index (χ1v) is 5.25. The van der Waals surface area contributed by atoms with Crippen molar-refractivity contribution < 1.29 is 9.53 Å². The number of terminal acetylenes is 1. The van der Waals surface area contributed by atoms with Gasteiger partial charge in [-0.3, -0.25) is 4.79 Å². The third kappa shape index (κ3) is 3.72. The van der Waals surface area contributed by atoms with E-state index in [1.165, 1.54) is 7.11 Å². The molecule has 90 valence electrons. The highest BCUT2D eigenvalue weighted by molar-refractivity contribution is 5.95. The number of benzene rings is 1. The molecule has 0 aliphatic heterocycles. The molecule has 1 amide bonds. The van der Waals surface area contributed by atoms with Gasteiger partial charge < -0.3 is 15.8 Å². The first kappa shape index (κ1) is 12.9. The van der Waals surface area contributed by atoms with Crippen LogP contribution in [0, 0.1) is 12.3 Å². The number of rotatable bonds is 4. The monoisotopic (exact) mass is 232 g/mol. The predicted octanol–water partition coefficient (Wildman–Crippen LogP) is 1.42. The maximum atomic E-state index is 11.9. The molecule has 1 aromatic rings. The quantitative estimate of drug-likeness (QED) is 0.609. The van der Waals surface area contributed by atoms with Gasteiger partial charge in [0.2, 0.25) is 0 Å². The Balaban J connectivity index is 2.82. The van der Waals surface area contributed by atoms with Crippen molar-refractivity contribution >= 4 is 11.6 Å². The number of carbonyl (C=O) groups is 1. The summed E-state index contributed by atoms with van der Waals surface area (Å²) in [5.74, 6) is 2.84. The third-order valence-corrected chi connectivity index (χ3v) is 2.23. The van der Waals surface area contributed by atoms with E-state index in [9.17, 15) is 4.79 Å². The molecule has 0 aromatic heterocycles. The van der Waals surface area contributed by atoms with E-state index in [1.807, 2.05) is 6.92 Å². The van der Waals surface area contributed by atoms with Crippen LogP contribution in [0.4, 0.5) is 5.69 Å². The fourth-order valence-electron chi connectivity index (χ4n) is 1.41. The lowest BCUT2D eigenvalue weighted by Crippen LogP contribution is -2.32. The van der Waals surface area contributed by atoms with Crippen LogP contribution in [0.25, 0.3) is 0 Å². The number of hydrogen-bond donors (Lipinski definition) is 2. The number of hydrogen-bond acceptors (Lipinski definition) is 3. The zero-order valence-electron chi connectivity index (χ0n) is 9.99. The Kier molecular flexibility index (Phi) is 4.41. The van der Waals surface area contributed by atoms with E-state index >= 15 is 0 Å². The maximum Gasteiger partial charge on any atom is 0.251 e. The minimum atomic E-state index is -0.210. The molecule has 4 nitrogen and oxygen atoms in total. The van der Waals surface area contributed by atoms with Crippen molar-refractivity contribution in [1.29, 1.82) is 0 Å². The average Bonchev–Trinajstić information content (AvgIpc) is 2.28. The summed E-state index contributed by atoms with van der Waals surface area (Å²) in [5.41, 5.74) is 6.62. The topological polar surface area (TPSA) is 64.4 Å². The Morgan fingerprint density at radius 1 is 1.59 bits per heavy atom. The number of nitrogen functional groups attached to an aromatic ring is 1. The first-order valence-electron chi connectivity index (χ1n) is 5.25.